The standard InChI is InChI=1S/C9H13NO2.C4H5N/c1-4-12-9(11)8-6(2)5-7(3)10-8;1-2-4-5-3-1/h5,10H,4H2,1-3H3;1-5H. The molecule has 2 heterocycles. The summed E-state index contributed by atoms with van der Waals surface area (Å²) < 4.78 is 4.85. The molecule has 0 aliphatic carbocycles. The maximum absolute atomic E-state index is 11.2. The molecule has 17 heavy (non-hydrogen) atoms. The zero-order valence-electron chi connectivity index (χ0n) is 10.4. The van der Waals surface area contributed by atoms with Gasteiger partial charge in [0.1, 0.15) is 5.69 Å². The van der Waals surface area contributed by atoms with Crippen molar-refractivity contribution < 1.29 is 9.53 Å². The fourth-order valence-electron chi connectivity index (χ4n) is 1.42. The van der Waals surface area contributed by atoms with Gasteiger partial charge in [-0.05, 0) is 44.5 Å². The predicted octanol–water partition coefficient (Wildman–Crippen LogP) is 2.82. The summed E-state index contributed by atoms with van der Waals surface area (Å²) in [7, 11) is 0. The Morgan fingerprint density at radius 3 is 2.29 bits per heavy atom. The molecule has 0 bridgehead atoms. The molecule has 0 fully saturated rings. The number of ether oxygens (including phenoxy) is 1. The minimum Gasteiger partial charge on any atom is -0.461 e. The molecule has 4 nitrogen and oxygen atoms in total. The summed E-state index contributed by atoms with van der Waals surface area (Å²) in [5.74, 6) is -0.275. The number of carbonyl (C=O) groups excluding carboxylic acids is 1. The smallest absolute Gasteiger partial charge is 0.355 e. The van der Waals surface area contributed by atoms with Crippen molar-refractivity contribution in [3.63, 3.8) is 0 Å². The monoisotopic (exact) mass is 234 g/mol. The van der Waals surface area contributed by atoms with E-state index in [9.17, 15) is 4.79 Å². The number of aromatic nitrogens is 2. The van der Waals surface area contributed by atoms with Crippen LogP contribution < -0.4 is 0 Å². The molecule has 0 saturated carbocycles. The summed E-state index contributed by atoms with van der Waals surface area (Å²) >= 11 is 0. The zero-order chi connectivity index (χ0) is 12.7. The van der Waals surface area contributed by atoms with Gasteiger partial charge in [0.15, 0.2) is 0 Å². The van der Waals surface area contributed by atoms with Crippen LogP contribution in [0.4, 0.5) is 0 Å². The van der Waals surface area contributed by atoms with E-state index < -0.39 is 0 Å². The summed E-state index contributed by atoms with van der Waals surface area (Å²) in [4.78, 5) is 17.0. The number of rotatable bonds is 2. The van der Waals surface area contributed by atoms with Gasteiger partial charge in [-0.1, -0.05) is 0 Å². The number of H-pyrrole nitrogens is 2. The van der Waals surface area contributed by atoms with Crippen molar-refractivity contribution in [3.8, 4) is 0 Å². The average molecular weight is 234 g/mol. The van der Waals surface area contributed by atoms with Crippen LogP contribution in [0.5, 0.6) is 0 Å². The third-order valence-corrected chi connectivity index (χ3v) is 2.13. The Balaban J connectivity index is 0.000000239. The lowest BCUT2D eigenvalue weighted by Crippen LogP contribution is -2.06. The normalized spacial score (nSPS) is 9.35. The summed E-state index contributed by atoms with van der Waals surface area (Å²) in [5.41, 5.74) is 2.48. The molecule has 0 aliphatic rings. The van der Waals surface area contributed by atoms with Crippen LogP contribution in [0.15, 0.2) is 30.6 Å². The fraction of sp³-hybridized carbons (Fsp3) is 0.308. The van der Waals surface area contributed by atoms with Gasteiger partial charge < -0.3 is 14.7 Å². The van der Waals surface area contributed by atoms with Crippen LogP contribution in [-0.2, 0) is 4.74 Å². The van der Waals surface area contributed by atoms with Gasteiger partial charge in [0.25, 0.3) is 0 Å². The van der Waals surface area contributed by atoms with Crippen molar-refractivity contribution in [2.24, 2.45) is 0 Å². The molecular formula is C13H18N2O2. The molecule has 0 amide bonds. The van der Waals surface area contributed by atoms with E-state index in [2.05, 4.69) is 9.97 Å². The van der Waals surface area contributed by atoms with Crippen LogP contribution in [0, 0.1) is 13.8 Å². The van der Waals surface area contributed by atoms with Crippen LogP contribution in [0.1, 0.15) is 28.7 Å². The summed E-state index contributed by atoms with van der Waals surface area (Å²) in [6.45, 7) is 6.00. The van der Waals surface area contributed by atoms with Crippen LogP contribution in [0.25, 0.3) is 0 Å². The lowest BCUT2D eigenvalue weighted by molar-refractivity contribution is 0.0519. The Morgan fingerprint density at radius 1 is 1.29 bits per heavy atom. The van der Waals surface area contributed by atoms with Gasteiger partial charge in [-0.2, -0.15) is 0 Å². The van der Waals surface area contributed by atoms with Crippen LogP contribution >= 0.6 is 0 Å². The number of aryl methyl sites for hydroxylation is 2. The second kappa shape index (κ2) is 6.58. The Kier molecular flexibility index (Phi) is 5.07. The van der Waals surface area contributed by atoms with E-state index in [0.717, 1.165) is 11.3 Å². The summed E-state index contributed by atoms with van der Waals surface area (Å²) in [6.07, 6.45) is 3.75. The van der Waals surface area contributed by atoms with Gasteiger partial charge in [-0.25, -0.2) is 4.79 Å². The molecule has 0 radical (unpaired) electrons. The quantitative estimate of drug-likeness (QED) is 0.785. The minimum atomic E-state index is -0.275. The van der Waals surface area contributed by atoms with Crippen molar-refractivity contribution in [1.29, 1.82) is 0 Å². The van der Waals surface area contributed by atoms with Gasteiger partial charge in [0.2, 0.25) is 0 Å². The first-order valence-corrected chi connectivity index (χ1v) is 5.56. The maximum Gasteiger partial charge on any atom is 0.355 e. The van der Waals surface area contributed by atoms with Crippen LogP contribution in [0.3, 0.4) is 0 Å². The van der Waals surface area contributed by atoms with Gasteiger partial charge in [-0.3, -0.25) is 0 Å². The fourth-order valence-corrected chi connectivity index (χ4v) is 1.42. The SMILES string of the molecule is CCOC(=O)c1[nH]c(C)cc1C.c1cc[nH]c1. The van der Waals surface area contributed by atoms with E-state index in [1.54, 1.807) is 6.92 Å². The molecule has 4 heteroatoms. The van der Waals surface area contributed by atoms with E-state index in [1.165, 1.54) is 0 Å². The minimum absolute atomic E-state index is 0.275. The van der Waals surface area contributed by atoms with E-state index in [0.29, 0.717) is 12.3 Å². The first kappa shape index (κ1) is 13.1. The number of aromatic amines is 2. The van der Waals surface area contributed by atoms with Crippen molar-refractivity contribution in [2.45, 2.75) is 20.8 Å². The first-order chi connectivity index (χ1) is 8.15. The van der Waals surface area contributed by atoms with Crippen molar-refractivity contribution >= 4 is 5.97 Å². The molecule has 2 aromatic rings. The summed E-state index contributed by atoms with van der Waals surface area (Å²) in [6, 6.07) is 5.81. The molecule has 0 atom stereocenters. The lowest BCUT2D eigenvalue weighted by Gasteiger charge is -1.99. The van der Waals surface area contributed by atoms with Gasteiger partial charge >= 0.3 is 5.97 Å². The highest BCUT2D eigenvalue weighted by Crippen LogP contribution is 2.09. The molecule has 2 N–H and O–H groups in total. The highest BCUT2D eigenvalue weighted by molar-refractivity contribution is 5.89. The number of hydrogen-bond acceptors (Lipinski definition) is 2. The second-order valence-electron chi connectivity index (χ2n) is 3.62. The van der Waals surface area contributed by atoms with E-state index >= 15 is 0 Å². The van der Waals surface area contributed by atoms with Gasteiger partial charge in [0.05, 0.1) is 6.61 Å². The highest BCUT2D eigenvalue weighted by atomic mass is 16.5. The van der Waals surface area contributed by atoms with Crippen molar-refractivity contribution in [2.75, 3.05) is 6.61 Å². The summed E-state index contributed by atoms with van der Waals surface area (Å²) in [5, 5.41) is 0. The molecular weight excluding hydrogens is 216 g/mol. The number of hydrogen-bond donors (Lipinski definition) is 2. The lowest BCUT2D eigenvalue weighted by atomic mass is 10.3. The topological polar surface area (TPSA) is 57.9 Å². The highest BCUT2D eigenvalue weighted by Gasteiger charge is 2.11. The predicted molar refractivity (Wildman–Crippen MR) is 67.0 cm³/mol. The largest absolute Gasteiger partial charge is 0.461 e. The van der Waals surface area contributed by atoms with Gasteiger partial charge in [0, 0.05) is 18.1 Å². The molecule has 0 saturated heterocycles. The van der Waals surface area contributed by atoms with Crippen molar-refractivity contribution in [1.82, 2.24) is 9.97 Å². The number of esters is 1. The first-order valence-electron chi connectivity index (χ1n) is 5.56. The second-order valence-corrected chi connectivity index (χ2v) is 3.62. The van der Waals surface area contributed by atoms with E-state index in [-0.39, 0.29) is 5.97 Å². The molecule has 2 rings (SSSR count). The molecule has 92 valence electrons. The third-order valence-electron chi connectivity index (χ3n) is 2.13. The Bertz CT molecular complexity index is 427. The van der Waals surface area contributed by atoms with E-state index in [4.69, 9.17) is 4.74 Å². The molecule has 0 aromatic carbocycles. The molecule has 0 spiro atoms. The Hall–Kier alpha value is -1.97. The molecule has 0 unspecified atom stereocenters. The van der Waals surface area contributed by atoms with E-state index in [1.807, 2.05) is 44.4 Å². The maximum atomic E-state index is 11.2. The van der Waals surface area contributed by atoms with Gasteiger partial charge in [-0.15, -0.1) is 0 Å². The number of carbonyl (C=O) groups is 1. The third kappa shape index (κ3) is 4.18. The molecule has 0 aliphatic heterocycles. The Labute approximate surface area is 101 Å². The Morgan fingerprint density at radius 2 is 1.94 bits per heavy atom. The average Bonchev–Trinajstić information content (AvgIpc) is 2.91. The van der Waals surface area contributed by atoms with Crippen LogP contribution in [0.2, 0.25) is 0 Å². The van der Waals surface area contributed by atoms with Crippen molar-refractivity contribution in [3.05, 3.63) is 47.5 Å². The zero-order valence-corrected chi connectivity index (χ0v) is 10.4. The van der Waals surface area contributed by atoms with Crippen LogP contribution in [-0.4, -0.2) is 22.5 Å². The number of nitrogens with one attached hydrogen (secondary N) is 2. The molecule has 2 aromatic heterocycles.